The van der Waals surface area contributed by atoms with Crippen molar-refractivity contribution in [3.05, 3.63) is 57.6 Å². The Morgan fingerprint density at radius 1 is 0.690 bits per heavy atom. The fourth-order valence-electron chi connectivity index (χ4n) is 4.14. The topological polar surface area (TPSA) is 27.3 Å². The van der Waals surface area contributed by atoms with E-state index in [4.69, 9.17) is 0 Å². The maximum atomic E-state index is 3.74. The molecule has 2 rings (SSSR count). The molecule has 29 heavy (non-hydrogen) atoms. The second-order valence-corrected chi connectivity index (χ2v) is 8.28. The number of anilines is 2. The molecule has 0 heterocycles. The Morgan fingerprint density at radius 3 is 1.62 bits per heavy atom. The van der Waals surface area contributed by atoms with Gasteiger partial charge in [-0.05, 0) is 74.9 Å². The highest BCUT2D eigenvalue weighted by molar-refractivity contribution is 5.60. The van der Waals surface area contributed by atoms with Crippen LogP contribution in [-0.2, 0) is 19.3 Å². The van der Waals surface area contributed by atoms with Crippen LogP contribution < -0.4 is 10.6 Å². The van der Waals surface area contributed by atoms with Gasteiger partial charge in [0.1, 0.15) is 0 Å². The molecule has 0 aliphatic rings. The van der Waals surface area contributed by atoms with Crippen LogP contribution in [-0.4, -0.2) is 38.1 Å². The van der Waals surface area contributed by atoms with E-state index in [1.165, 1.54) is 44.8 Å². The summed E-state index contributed by atoms with van der Waals surface area (Å²) in [5.74, 6) is 0. The van der Waals surface area contributed by atoms with Crippen LogP contribution in [0.25, 0.3) is 0 Å². The Kier molecular flexibility index (Phi) is 9.03. The summed E-state index contributed by atoms with van der Waals surface area (Å²) in [6, 6.07) is 9.26. The molecule has 2 aromatic rings. The molecule has 0 aliphatic carbocycles. The minimum Gasteiger partial charge on any atom is -0.383 e. The normalized spacial score (nSPS) is 11.2. The molecular formula is C26H41N3. The average molecular weight is 396 g/mol. The maximum Gasteiger partial charge on any atom is 0.0405 e. The average Bonchev–Trinajstić information content (AvgIpc) is 2.69. The van der Waals surface area contributed by atoms with E-state index in [1.807, 2.05) is 0 Å². The Hall–Kier alpha value is -2.00. The number of nitrogens with one attached hydrogen (secondary N) is 2. The van der Waals surface area contributed by atoms with Crippen molar-refractivity contribution in [2.24, 2.45) is 0 Å². The van der Waals surface area contributed by atoms with Gasteiger partial charge in [-0.2, -0.15) is 0 Å². The van der Waals surface area contributed by atoms with Gasteiger partial charge in [-0.25, -0.2) is 0 Å². The first-order chi connectivity index (χ1) is 13.9. The van der Waals surface area contributed by atoms with E-state index in [-0.39, 0.29) is 0 Å². The Bertz CT molecular complexity index is 747. The second kappa shape index (κ2) is 11.3. The van der Waals surface area contributed by atoms with Gasteiger partial charge in [-0.1, -0.05) is 50.6 Å². The highest BCUT2D eigenvalue weighted by Crippen LogP contribution is 2.25. The molecule has 2 N–H and O–H groups in total. The first-order valence-electron chi connectivity index (χ1n) is 11.3. The first-order valence-corrected chi connectivity index (χ1v) is 11.3. The smallest absolute Gasteiger partial charge is 0.0405 e. The highest BCUT2D eigenvalue weighted by Gasteiger charge is 2.09. The van der Waals surface area contributed by atoms with Crippen molar-refractivity contribution in [1.29, 1.82) is 0 Å². The molecule has 160 valence electrons. The minimum atomic E-state index is 0.965. The molecule has 0 saturated heterocycles. The van der Waals surface area contributed by atoms with E-state index in [2.05, 4.69) is 88.4 Å². The van der Waals surface area contributed by atoms with Gasteiger partial charge in [0.2, 0.25) is 0 Å². The number of benzene rings is 2. The van der Waals surface area contributed by atoms with Crippen molar-refractivity contribution >= 4 is 11.4 Å². The maximum absolute atomic E-state index is 3.74. The van der Waals surface area contributed by atoms with Gasteiger partial charge >= 0.3 is 0 Å². The van der Waals surface area contributed by atoms with E-state index < -0.39 is 0 Å². The van der Waals surface area contributed by atoms with Gasteiger partial charge in [0.15, 0.2) is 0 Å². The summed E-state index contributed by atoms with van der Waals surface area (Å²) in [5, 5.41) is 7.37. The summed E-state index contributed by atoms with van der Waals surface area (Å²) < 4.78 is 0. The van der Waals surface area contributed by atoms with Gasteiger partial charge in [-0.3, -0.25) is 0 Å². The minimum absolute atomic E-state index is 0.965. The first kappa shape index (κ1) is 23.3. The number of hydrogen-bond acceptors (Lipinski definition) is 3. The lowest BCUT2D eigenvalue weighted by molar-refractivity contribution is 0.361. The van der Waals surface area contributed by atoms with E-state index in [9.17, 15) is 0 Å². The second-order valence-electron chi connectivity index (χ2n) is 8.28. The summed E-state index contributed by atoms with van der Waals surface area (Å²) in [6.07, 6.45) is 3.27. The van der Waals surface area contributed by atoms with E-state index in [1.54, 1.807) is 0 Å². The van der Waals surface area contributed by atoms with Crippen molar-refractivity contribution in [2.45, 2.75) is 60.8 Å². The van der Waals surface area contributed by atoms with Crippen molar-refractivity contribution in [3.8, 4) is 0 Å². The summed E-state index contributed by atoms with van der Waals surface area (Å²) in [5.41, 5.74) is 11.0. The lowest BCUT2D eigenvalue weighted by Gasteiger charge is -2.21. The van der Waals surface area contributed by atoms with Gasteiger partial charge in [0.05, 0.1) is 0 Å². The molecule has 2 aromatic carbocycles. The fourth-order valence-corrected chi connectivity index (χ4v) is 4.14. The molecule has 0 fully saturated rings. The molecule has 0 unspecified atom stereocenters. The van der Waals surface area contributed by atoms with Crippen LogP contribution in [0.1, 0.15) is 54.2 Å². The summed E-state index contributed by atoms with van der Waals surface area (Å²) in [6.45, 7) is 17.3. The molecule has 0 radical (unpaired) electrons. The zero-order chi connectivity index (χ0) is 21.4. The summed E-state index contributed by atoms with van der Waals surface area (Å²) >= 11 is 0. The van der Waals surface area contributed by atoms with Crippen LogP contribution >= 0.6 is 0 Å². The van der Waals surface area contributed by atoms with E-state index in [0.29, 0.717) is 0 Å². The number of rotatable bonds is 11. The monoisotopic (exact) mass is 395 g/mol. The summed E-state index contributed by atoms with van der Waals surface area (Å²) in [4.78, 5) is 2.40. The molecule has 0 aliphatic heterocycles. The fraction of sp³-hybridized carbons (Fsp3) is 0.538. The predicted molar refractivity (Wildman–Crippen MR) is 130 cm³/mol. The van der Waals surface area contributed by atoms with Crippen molar-refractivity contribution in [1.82, 2.24) is 4.90 Å². The van der Waals surface area contributed by atoms with Crippen LogP contribution in [0.4, 0.5) is 11.4 Å². The van der Waals surface area contributed by atoms with Gasteiger partial charge in [0, 0.05) is 37.6 Å². The Balaban J connectivity index is 1.85. The SMILES string of the molecule is CCc1cc(CC)c(NCCN(C)CCNc2c(C)cc(C)cc2C)c(CC)c1. The molecule has 0 spiro atoms. The molecule has 0 bridgehead atoms. The van der Waals surface area contributed by atoms with E-state index in [0.717, 1.165) is 45.4 Å². The molecular weight excluding hydrogens is 354 g/mol. The molecule has 0 saturated carbocycles. The lowest BCUT2D eigenvalue weighted by Crippen LogP contribution is -2.30. The third-order valence-corrected chi connectivity index (χ3v) is 5.80. The molecule has 0 amide bonds. The van der Waals surface area contributed by atoms with Gasteiger partial charge in [0.25, 0.3) is 0 Å². The molecule has 0 atom stereocenters. The molecule has 3 nitrogen and oxygen atoms in total. The van der Waals surface area contributed by atoms with E-state index >= 15 is 0 Å². The molecule has 3 heteroatoms. The van der Waals surface area contributed by atoms with Crippen LogP contribution in [0.3, 0.4) is 0 Å². The zero-order valence-corrected chi connectivity index (χ0v) is 19.7. The highest BCUT2D eigenvalue weighted by atomic mass is 15.1. The standard InChI is InChI=1S/C26H41N3/c1-8-22-17-23(9-2)26(24(10-3)18-22)28-12-14-29(7)13-11-27-25-20(5)15-19(4)16-21(25)6/h15-18,27-28H,8-14H2,1-7H3. The van der Waals surface area contributed by atoms with Crippen LogP contribution in [0.2, 0.25) is 0 Å². The number of hydrogen-bond donors (Lipinski definition) is 2. The number of nitrogens with zero attached hydrogens (tertiary/aromatic N) is 1. The third-order valence-electron chi connectivity index (χ3n) is 5.80. The van der Waals surface area contributed by atoms with Crippen molar-refractivity contribution in [2.75, 3.05) is 43.9 Å². The van der Waals surface area contributed by atoms with Gasteiger partial charge in [-0.15, -0.1) is 0 Å². The van der Waals surface area contributed by atoms with Crippen LogP contribution in [0, 0.1) is 20.8 Å². The predicted octanol–water partition coefficient (Wildman–Crippen LogP) is 5.75. The lowest BCUT2D eigenvalue weighted by atomic mass is 9.98. The number of likely N-dealkylation sites (N-methyl/N-ethyl adjacent to an activating group) is 1. The Morgan fingerprint density at radius 2 is 1.17 bits per heavy atom. The van der Waals surface area contributed by atoms with Crippen LogP contribution in [0.5, 0.6) is 0 Å². The zero-order valence-electron chi connectivity index (χ0n) is 19.7. The largest absolute Gasteiger partial charge is 0.383 e. The summed E-state index contributed by atoms with van der Waals surface area (Å²) in [7, 11) is 2.21. The van der Waals surface area contributed by atoms with Crippen LogP contribution in [0.15, 0.2) is 24.3 Å². The van der Waals surface area contributed by atoms with Gasteiger partial charge < -0.3 is 15.5 Å². The third kappa shape index (κ3) is 6.50. The number of aryl methyl sites for hydroxylation is 6. The molecule has 0 aromatic heterocycles. The quantitative estimate of drug-likeness (QED) is 0.507. The van der Waals surface area contributed by atoms with Crippen molar-refractivity contribution in [3.63, 3.8) is 0 Å². The van der Waals surface area contributed by atoms with Crippen molar-refractivity contribution < 1.29 is 0 Å². The Labute approximate surface area is 178 Å².